The van der Waals surface area contributed by atoms with Crippen molar-refractivity contribution in [3.8, 4) is 0 Å². The molecule has 0 atom stereocenters. The van der Waals surface area contributed by atoms with Gasteiger partial charge in [-0.25, -0.2) is 0 Å². The lowest BCUT2D eigenvalue weighted by Gasteiger charge is -1.93. The van der Waals surface area contributed by atoms with Gasteiger partial charge in [-0.1, -0.05) is 13.8 Å². The average Bonchev–Trinajstić information content (AvgIpc) is 2.00. The van der Waals surface area contributed by atoms with Crippen molar-refractivity contribution in [3.63, 3.8) is 0 Å². The number of aromatic nitrogens is 1. The van der Waals surface area contributed by atoms with Crippen molar-refractivity contribution in [1.82, 2.24) is 11.1 Å². The van der Waals surface area contributed by atoms with Gasteiger partial charge in [-0.05, 0) is 6.07 Å². The lowest BCUT2D eigenvalue weighted by molar-refractivity contribution is 1.34. The molecular formula is C7H18N4. The van der Waals surface area contributed by atoms with E-state index in [4.69, 9.17) is 11.5 Å². The molecule has 0 aromatic carbocycles. The SMILES string of the molecule is CC.N.Nc1ccncc1N.[HH]. The van der Waals surface area contributed by atoms with E-state index in [-0.39, 0.29) is 7.58 Å². The molecular weight excluding hydrogens is 140 g/mol. The molecule has 0 aliphatic carbocycles. The first kappa shape index (κ1) is 12.4. The first-order valence-electron chi connectivity index (χ1n) is 3.25. The molecule has 0 aliphatic rings. The maximum Gasteiger partial charge on any atom is 0.0734 e. The molecule has 0 saturated carbocycles. The van der Waals surface area contributed by atoms with Crippen LogP contribution in [0.2, 0.25) is 0 Å². The number of rotatable bonds is 0. The quantitative estimate of drug-likeness (QED) is 0.534. The van der Waals surface area contributed by atoms with Crippen LogP contribution in [-0.4, -0.2) is 4.98 Å². The number of nitrogens with two attached hydrogens (primary N) is 2. The Hall–Kier alpha value is -1.29. The first-order chi connectivity index (χ1) is 4.80. The molecule has 1 rings (SSSR count). The molecule has 7 N–H and O–H groups in total. The van der Waals surface area contributed by atoms with Gasteiger partial charge in [-0.15, -0.1) is 0 Å². The average molecular weight is 158 g/mol. The predicted molar refractivity (Wildman–Crippen MR) is 51.5 cm³/mol. The molecule has 4 nitrogen and oxygen atoms in total. The van der Waals surface area contributed by atoms with E-state index in [9.17, 15) is 0 Å². The summed E-state index contributed by atoms with van der Waals surface area (Å²) in [4.78, 5) is 3.74. The van der Waals surface area contributed by atoms with Crippen LogP contribution in [-0.2, 0) is 0 Å². The zero-order valence-corrected chi connectivity index (χ0v) is 7.04. The molecule has 11 heavy (non-hydrogen) atoms. The van der Waals surface area contributed by atoms with Crippen LogP contribution in [0.3, 0.4) is 0 Å². The van der Waals surface area contributed by atoms with Gasteiger partial charge in [0.25, 0.3) is 0 Å². The second kappa shape index (κ2) is 6.82. The van der Waals surface area contributed by atoms with Crippen LogP contribution in [0, 0.1) is 0 Å². The zero-order valence-electron chi connectivity index (χ0n) is 7.04. The van der Waals surface area contributed by atoms with E-state index in [2.05, 4.69) is 4.98 Å². The summed E-state index contributed by atoms with van der Waals surface area (Å²) in [7, 11) is 0. The standard InChI is InChI=1S/C5H7N3.C2H6.H3N.H2/c6-4-1-2-8-3-5(4)7;1-2;;/h1-3H,7H2,(H2,6,8);1-2H3;1H3;1H. The topological polar surface area (TPSA) is 99.9 Å². The van der Waals surface area contributed by atoms with Gasteiger partial charge in [0.2, 0.25) is 0 Å². The molecule has 0 bridgehead atoms. The Bertz CT molecular complexity index is 172. The summed E-state index contributed by atoms with van der Waals surface area (Å²) in [5.74, 6) is 0. The Morgan fingerprint density at radius 3 is 2.09 bits per heavy atom. The van der Waals surface area contributed by atoms with Crippen LogP contribution in [0.4, 0.5) is 11.4 Å². The van der Waals surface area contributed by atoms with E-state index in [1.165, 1.54) is 6.20 Å². The minimum atomic E-state index is 0. The van der Waals surface area contributed by atoms with E-state index in [1.807, 2.05) is 13.8 Å². The molecule has 0 aliphatic heterocycles. The summed E-state index contributed by atoms with van der Waals surface area (Å²) in [6.07, 6.45) is 3.13. The van der Waals surface area contributed by atoms with Gasteiger partial charge in [-0.3, -0.25) is 4.98 Å². The Labute approximate surface area is 68.7 Å². The normalized spacial score (nSPS) is 7.09. The lowest BCUT2D eigenvalue weighted by Crippen LogP contribution is -1.93. The summed E-state index contributed by atoms with van der Waals surface area (Å²) in [6.45, 7) is 4.00. The molecule has 1 aromatic heterocycles. The highest BCUT2D eigenvalue weighted by atomic mass is 14.7. The molecule has 0 amide bonds. The smallest absolute Gasteiger partial charge is 0.0734 e. The van der Waals surface area contributed by atoms with Crippen LogP contribution < -0.4 is 17.6 Å². The monoisotopic (exact) mass is 158 g/mol. The van der Waals surface area contributed by atoms with Gasteiger partial charge in [0.05, 0.1) is 17.6 Å². The molecule has 0 spiro atoms. The number of hydrogen-bond acceptors (Lipinski definition) is 4. The number of nitrogens with zero attached hydrogens (tertiary/aromatic N) is 1. The maximum absolute atomic E-state index is 5.35. The van der Waals surface area contributed by atoms with Crippen LogP contribution in [0.15, 0.2) is 18.5 Å². The van der Waals surface area contributed by atoms with Crippen LogP contribution >= 0.6 is 0 Å². The summed E-state index contributed by atoms with van der Waals surface area (Å²) in [6, 6.07) is 1.66. The van der Waals surface area contributed by atoms with Gasteiger partial charge in [0, 0.05) is 7.62 Å². The minimum Gasteiger partial charge on any atom is -0.397 e. The Balaban J connectivity index is -0.000000189. The molecule has 0 unspecified atom stereocenters. The van der Waals surface area contributed by atoms with Gasteiger partial charge < -0.3 is 17.6 Å². The highest BCUT2D eigenvalue weighted by Gasteiger charge is 1.86. The third kappa shape index (κ3) is 4.16. The summed E-state index contributed by atoms with van der Waals surface area (Å²) >= 11 is 0. The highest BCUT2D eigenvalue weighted by Crippen LogP contribution is 2.08. The third-order valence-electron chi connectivity index (χ3n) is 0.887. The number of hydrogen-bond donors (Lipinski definition) is 3. The molecule has 4 heteroatoms. The van der Waals surface area contributed by atoms with E-state index in [1.54, 1.807) is 12.3 Å². The van der Waals surface area contributed by atoms with Gasteiger partial charge in [-0.2, -0.15) is 0 Å². The van der Waals surface area contributed by atoms with Crippen LogP contribution in [0.1, 0.15) is 15.3 Å². The molecule has 0 radical (unpaired) electrons. The Morgan fingerprint density at radius 2 is 1.82 bits per heavy atom. The zero-order chi connectivity index (χ0) is 7.98. The molecule has 1 aromatic rings. The summed E-state index contributed by atoms with van der Waals surface area (Å²) in [5.41, 5.74) is 11.8. The van der Waals surface area contributed by atoms with Crippen LogP contribution in [0.5, 0.6) is 0 Å². The van der Waals surface area contributed by atoms with E-state index >= 15 is 0 Å². The fourth-order valence-corrected chi connectivity index (χ4v) is 0.417. The van der Waals surface area contributed by atoms with Crippen molar-refractivity contribution in [1.29, 1.82) is 0 Å². The Kier molecular flexibility index (Phi) is 7.69. The van der Waals surface area contributed by atoms with Crippen LogP contribution in [0.25, 0.3) is 0 Å². The second-order valence-electron chi connectivity index (χ2n) is 1.50. The molecule has 1 heterocycles. The second-order valence-corrected chi connectivity index (χ2v) is 1.50. The van der Waals surface area contributed by atoms with Gasteiger partial charge in [0.1, 0.15) is 0 Å². The third-order valence-corrected chi connectivity index (χ3v) is 0.887. The number of pyridine rings is 1. The fraction of sp³-hybridized carbons (Fsp3) is 0.286. The number of nitrogen functional groups attached to an aromatic ring is 2. The van der Waals surface area contributed by atoms with Crippen molar-refractivity contribution >= 4 is 11.4 Å². The minimum absolute atomic E-state index is 0. The van der Waals surface area contributed by atoms with Crippen molar-refractivity contribution in [2.75, 3.05) is 11.5 Å². The molecule has 0 fully saturated rings. The van der Waals surface area contributed by atoms with E-state index < -0.39 is 0 Å². The van der Waals surface area contributed by atoms with Crippen molar-refractivity contribution in [2.24, 2.45) is 0 Å². The van der Waals surface area contributed by atoms with Gasteiger partial charge >= 0.3 is 0 Å². The summed E-state index contributed by atoms with van der Waals surface area (Å²) in [5, 5.41) is 0. The molecule has 66 valence electrons. The van der Waals surface area contributed by atoms with Crippen molar-refractivity contribution in [2.45, 2.75) is 13.8 Å². The van der Waals surface area contributed by atoms with E-state index in [0.717, 1.165) is 0 Å². The fourth-order valence-electron chi connectivity index (χ4n) is 0.417. The summed E-state index contributed by atoms with van der Waals surface area (Å²) < 4.78 is 0. The number of anilines is 2. The van der Waals surface area contributed by atoms with Crippen molar-refractivity contribution < 1.29 is 1.43 Å². The first-order valence-corrected chi connectivity index (χ1v) is 3.25. The lowest BCUT2D eigenvalue weighted by atomic mass is 10.4. The Morgan fingerprint density at radius 1 is 1.27 bits per heavy atom. The van der Waals surface area contributed by atoms with E-state index in [0.29, 0.717) is 11.4 Å². The largest absolute Gasteiger partial charge is 0.397 e. The molecule has 0 saturated heterocycles. The highest BCUT2D eigenvalue weighted by molar-refractivity contribution is 5.60. The maximum atomic E-state index is 5.35. The predicted octanol–water partition coefficient (Wildman–Crippen LogP) is 1.68. The van der Waals surface area contributed by atoms with Crippen molar-refractivity contribution in [3.05, 3.63) is 18.5 Å². The van der Waals surface area contributed by atoms with Gasteiger partial charge in [0.15, 0.2) is 0 Å².